The molecule has 21 heavy (non-hydrogen) atoms. The summed E-state index contributed by atoms with van der Waals surface area (Å²) in [5.41, 5.74) is 6.50. The second-order valence-electron chi connectivity index (χ2n) is 7.29. The zero-order valence-electron chi connectivity index (χ0n) is 13.8. The summed E-state index contributed by atoms with van der Waals surface area (Å²) in [5.74, 6) is 3.77. The van der Waals surface area contributed by atoms with E-state index in [4.69, 9.17) is 10.3 Å². The lowest BCUT2D eigenvalue weighted by molar-refractivity contribution is 0.166. The molecule has 1 unspecified atom stereocenters. The molecule has 0 saturated heterocycles. The zero-order valence-corrected chi connectivity index (χ0v) is 14.6. The highest BCUT2D eigenvalue weighted by Crippen LogP contribution is 2.42. The number of rotatable bonds is 5. The fourth-order valence-electron chi connectivity index (χ4n) is 3.15. The average molecular weight is 311 g/mol. The molecule has 1 fully saturated rings. The maximum Gasteiger partial charge on any atom is 0.243 e. The number of hydrogen-bond acceptors (Lipinski definition) is 5. The van der Waals surface area contributed by atoms with Gasteiger partial charge >= 0.3 is 0 Å². The molecule has 1 aliphatic carbocycles. The Bertz CT molecular complexity index is 433. The van der Waals surface area contributed by atoms with Gasteiger partial charge in [-0.2, -0.15) is 16.7 Å². The Labute approximate surface area is 132 Å². The second kappa shape index (κ2) is 7.14. The smallest absolute Gasteiger partial charge is 0.243 e. The molecule has 5 heteroatoms. The Hall–Kier alpha value is -0.550. The van der Waals surface area contributed by atoms with E-state index in [1.54, 1.807) is 11.8 Å². The van der Waals surface area contributed by atoms with Crippen LogP contribution >= 0.6 is 11.8 Å². The predicted molar refractivity (Wildman–Crippen MR) is 88.4 cm³/mol. The van der Waals surface area contributed by atoms with Crippen molar-refractivity contribution in [3.8, 4) is 0 Å². The minimum absolute atomic E-state index is 0.121. The van der Waals surface area contributed by atoms with Crippen LogP contribution < -0.4 is 5.73 Å². The minimum Gasteiger partial charge on any atom is -0.338 e. The van der Waals surface area contributed by atoms with E-state index in [1.165, 1.54) is 25.7 Å². The molecule has 1 aromatic rings. The molecule has 0 aromatic carbocycles. The van der Waals surface area contributed by atoms with E-state index in [2.05, 4.69) is 37.2 Å². The van der Waals surface area contributed by atoms with Gasteiger partial charge in [0.2, 0.25) is 5.89 Å². The summed E-state index contributed by atoms with van der Waals surface area (Å²) in [6.07, 6.45) is 7.83. The molecule has 0 spiro atoms. The lowest BCUT2D eigenvalue weighted by Crippen LogP contribution is -2.25. The highest BCUT2D eigenvalue weighted by molar-refractivity contribution is 7.98. The van der Waals surface area contributed by atoms with Crippen LogP contribution in [0, 0.1) is 11.3 Å². The lowest BCUT2D eigenvalue weighted by atomic mass is 9.70. The van der Waals surface area contributed by atoms with Crippen molar-refractivity contribution >= 4 is 11.8 Å². The molecule has 4 nitrogen and oxygen atoms in total. The molecule has 1 aromatic heterocycles. The molecular weight excluding hydrogens is 282 g/mol. The first kappa shape index (κ1) is 16.8. The van der Waals surface area contributed by atoms with Gasteiger partial charge in [0.25, 0.3) is 0 Å². The molecular formula is C16H29N3OS. The number of thioether (sulfide) groups is 1. The number of aromatic nitrogens is 2. The normalized spacial score (nSPS) is 25.0. The van der Waals surface area contributed by atoms with Crippen molar-refractivity contribution in [3.63, 3.8) is 0 Å². The molecule has 0 amide bonds. The van der Waals surface area contributed by atoms with Gasteiger partial charge in [-0.05, 0) is 55.4 Å². The summed E-state index contributed by atoms with van der Waals surface area (Å²) in [6.45, 7) is 7.03. The van der Waals surface area contributed by atoms with E-state index >= 15 is 0 Å². The summed E-state index contributed by atoms with van der Waals surface area (Å²) in [7, 11) is 0. The molecule has 0 radical (unpaired) electrons. The van der Waals surface area contributed by atoms with Gasteiger partial charge in [-0.15, -0.1) is 0 Å². The Morgan fingerprint density at radius 3 is 2.52 bits per heavy atom. The third-order valence-corrected chi connectivity index (χ3v) is 5.37. The standard InChI is InChI=1S/C16H29N3OS/c1-16(2,3)12-7-5-11(6-8-12)14-18-15(20-19-14)13(17)9-10-21-4/h11-13H,5-10,17H2,1-4H3. The van der Waals surface area contributed by atoms with Crippen LogP contribution in [0.4, 0.5) is 0 Å². The maximum absolute atomic E-state index is 6.09. The Balaban J connectivity index is 1.91. The van der Waals surface area contributed by atoms with Gasteiger partial charge in [0.1, 0.15) is 0 Å². The number of nitrogens with two attached hydrogens (primary N) is 1. The fraction of sp³-hybridized carbons (Fsp3) is 0.875. The first-order valence-electron chi connectivity index (χ1n) is 8.00. The fourth-order valence-corrected chi connectivity index (χ4v) is 3.64. The van der Waals surface area contributed by atoms with Crippen molar-refractivity contribution in [3.05, 3.63) is 11.7 Å². The molecule has 120 valence electrons. The molecule has 1 aliphatic rings. The zero-order chi connectivity index (χ0) is 15.5. The summed E-state index contributed by atoms with van der Waals surface area (Å²) in [6, 6.07) is -0.121. The van der Waals surface area contributed by atoms with E-state index in [1.807, 2.05) is 0 Å². The molecule has 1 atom stereocenters. The van der Waals surface area contributed by atoms with E-state index in [0.29, 0.717) is 17.2 Å². The molecule has 2 rings (SSSR count). The number of nitrogens with zero attached hydrogens (tertiary/aromatic N) is 2. The molecule has 0 aliphatic heterocycles. The maximum atomic E-state index is 6.09. The van der Waals surface area contributed by atoms with E-state index < -0.39 is 0 Å². The van der Waals surface area contributed by atoms with Crippen LogP contribution in [0.1, 0.15) is 76.6 Å². The van der Waals surface area contributed by atoms with E-state index in [-0.39, 0.29) is 6.04 Å². The van der Waals surface area contributed by atoms with Crippen LogP contribution in [-0.2, 0) is 0 Å². The van der Waals surface area contributed by atoms with Crippen LogP contribution in [0.25, 0.3) is 0 Å². The molecule has 1 heterocycles. The van der Waals surface area contributed by atoms with Crippen LogP contribution in [0.3, 0.4) is 0 Å². The second-order valence-corrected chi connectivity index (χ2v) is 8.28. The van der Waals surface area contributed by atoms with Crippen LogP contribution in [0.5, 0.6) is 0 Å². The van der Waals surface area contributed by atoms with Crippen molar-refractivity contribution in [1.82, 2.24) is 10.1 Å². The third-order valence-electron chi connectivity index (χ3n) is 4.72. The van der Waals surface area contributed by atoms with Gasteiger partial charge < -0.3 is 10.3 Å². The summed E-state index contributed by atoms with van der Waals surface area (Å²) in [4.78, 5) is 4.56. The highest BCUT2D eigenvalue weighted by Gasteiger charge is 2.32. The van der Waals surface area contributed by atoms with Crippen LogP contribution in [0.2, 0.25) is 0 Å². The first-order chi connectivity index (χ1) is 9.91. The quantitative estimate of drug-likeness (QED) is 0.885. The third kappa shape index (κ3) is 4.46. The summed E-state index contributed by atoms with van der Waals surface area (Å²) in [5, 5.41) is 4.18. The van der Waals surface area contributed by atoms with Gasteiger partial charge in [0, 0.05) is 5.92 Å². The monoisotopic (exact) mass is 311 g/mol. The van der Waals surface area contributed by atoms with Gasteiger partial charge in [-0.1, -0.05) is 25.9 Å². The van der Waals surface area contributed by atoms with Crippen LogP contribution in [0.15, 0.2) is 4.52 Å². The highest BCUT2D eigenvalue weighted by atomic mass is 32.2. The van der Waals surface area contributed by atoms with Gasteiger partial charge in [0.15, 0.2) is 5.82 Å². The van der Waals surface area contributed by atoms with E-state index in [0.717, 1.165) is 23.9 Å². The van der Waals surface area contributed by atoms with Crippen LogP contribution in [-0.4, -0.2) is 22.1 Å². The Morgan fingerprint density at radius 1 is 1.29 bits per heavy atom. The van der Waals surface area contributed by atoms with Gasteiger partial charge in [-0.3, -0.25) is 0 Å². The van der Waals surface area contributed by atoms with Gasteiger partial charge in [0.05, 0.1) is 6.04 Å². The molecule has 0 bridgehead atoms. The lowest BCUT2D eigenvalue weighted by Gasteiger charge is -2.36. The summed E-state index contributed by atoms with van der Waals surface area (Å²) < 4.78 is 5.38. The molecule has 1 saturated carbocycles. The SMILES string of the molecule is CSCCC(N)c1nc(C2CCC(C(C)(C)C)CC2)no1. The minimum atomic E-state index is -0.121. The van der Waals surface area contributed by atoms with Gasteiger partial charge in [-0.25, -0.2) is 0 Å². The van der Waals surface area contributed by atoms with Crippen molar-refractivity contribution in [2.75, 3.05) is 12.0 Å². The van der Waals surface area contributed by atoms with Crippen molar-refractivity contribution in [2.45, 2.75) is 64.8 Å². The Kier molecular flexibility index (Phi) is 5.72. The average Bonchev–Trinajstić information content (AvgIpc) is 2.94. The molecule has 2 N–H and O–H groups in total. The van der Waals surface area contributed by atoms with E-state index in [9.17, 15) is 0 Å². The summed E-state index contributed by atoms with van der Waals surface area (Å²) >= 11 is 1.79. The largest absolute Gasteiger partial charge is 0.338 e. The Morgan fingerprint density at radius 2 is 1.95 bits per heavy atom. The first-order valence-corrected chi connectivity index (χ1v) is 9.39. The van der Waals surface area contributed by atoms with Crippen molar-refractivity contribution in [2.24, 2.45) is 17.1 Å². The number of hydrogen-bond donors (Lipinski definition) is 1. The topological polar surface area (TPSA) is 64.9 Å². The van der Waals surface area contributed by atoms with Crippen molar-refractivity contribution in [1.29, 1.82) is 0 Å². The van der Waals surface area contributed by atoms with Crippen molar-refractivity contribution < 1.29 is 4.52 Å². The predicted octanol–water partition coefficient (Wildman–Crippen LogP) is 4.14.